The SMILES string of the molecule is O=C1c2cccc(O)c2C(=O)c2c(O)cc(C(Nc3ccc(S(=O)(=O)Nc4ncccn4)cc3)P(=O)(Oc3ccccc3)Oc3ccccc3)cc21. The molecule has 15 heteroatoms. The average molecular weight is 735 g/mol. The number of carbonyl (C=O) groups excluding carboxylic acids is 2. The van der Waals surface area contributed by atoms with Gasteiger partial charge in [0.15, 0.2) is 11.6 Å². The fourth-order valence-corrected chi connectivity index (χ4v) is 8.47. The van der Waals surface area contributed by atoms with Gasteiger partial charge in [-0.1, -0.05) is 48.5 Å². The molecule has 1 heterocycles. The molecule has 1 unspecified atom stereocenters. The molecule has 0 saturated carbocycles. The van der Waals surface area contributed by atoms with Crippen LogP contribution in [0, 0.1) is 0 Å². The van der Waals surface area contributed by atoms with E-state index in [4.69, 9.17) is 9.05 Å². The Labute approximate surface area is 297 Å². The lowest BCUT2D eigenvalue weighted by atomic mass is 9.82. The average Bonchev–Trinajstić information content (AvgIpc) is 3.13. The third-order valence-electron chi connectivity index (χ3n) is 7.97. The summed E-state index contributed by atoms with van der Waals surface area (Å²) in [5.74, 6) is -3.75. The largest absolute Gasteiger partial charge is 0.507 e. The number of sulfonamides is 1. The van der Waals surface area contributed by atoms with E-state index in [1.807, 2.05) is 0 Å². The molecule has 0 radical (unpaired) electrons. The molecule has 7 rings (SSSR count). The molecule has 0 spiro atoms. The first-order valence-corrected chi connectivity index (χ1v) is 18.7. The van der Waals surface area contributed by atoms with E-state index >= 15 is 4.57 Å². The molecule has 1 aliphatic rings. The maximum atomic E-state index is 15.3. The highest BCUT2D eigenvalue weighted by Crippen LogP contribution is 2.60. The molecule has 5 aromatic carbocycles. The highest BCUT2D eigenvalue weighted by molar-refractivity contribution is 7.92. The van der Waals surface area contributed by atoms with Gasteiger partial charge in [0.1, 0.15) is 23.0 Å². The smallest absolute Gasteiger partial charge is 0.457 e. The van der Waals surface area contributed by atoms with E-state index < -0.39 is 46.5 Å². The van der Waals surface area contributed by atoms with Crippen LogP contribution in [0.25, 0.3) is 0 Å². The monoisotopic (exact) mass is 734 g/mol. The van der Waals surface area contributed by atoms with Crippen LogP contribution in [0.2, 0.25) is 0 Å². The van der Waals surface area contributed by atoms with Crippen molar-refractivity contribution in [1.29, 1.82) is 0 Å². The maximum Gasteiger partial charge on any atom is 0.457 e. The maximum absolute atomic E-state index is 15.3. The predicted molar refractivity (Wildman–Crippen MR) is 190 cm³/mol. The number of hydrogen-bond acceptors (Lipinski definition) is 12. The van der Waals surface area contributed by atoms with Gasteiger partial charge < -0.3 is 24.6 Å². The van der Waals surface area contributed by atoms with Crippen molar-refractivity contribution in [2.75, 3.05) is 10.0 Å². The second kappa shape index (κ2) is 13.7. The van der Waals surface area contributed by atoms with Crippen molar-refractivity contribution in [2.24, 2.45) is 0 Å². The highest BCUT2D eigenvalue weighted by atomic mass is 32.2. The van der Waals surface area contributed by atoms with Gasteiger partial charge in [0.05, 0.1) is 16.0 Å². The Morgan fingerprint density at radius 2 is 1.25 bits per heavy atom. The van der Waals surface area contributed by atoms with Crippen LogP contribution >= 0.6 is 7.60 Å². The van der Waals surface area contributed by atoms with Crippen LogP contribution in [0.1, 0.15) is 43.2 Å². The molecule has 52 heavy (non-hydrogen) atoms. The van der Waals surface area contributed by atoms with Crippen molar-refractivity contribution in [3.05, 3.63) is 162 Å². The molecule has 0 saturated heterocycles. The summed E-state index contributed by atoms with van der Waals surface area (Å²) in [5, 5.41) is 24.8. The normalized spacial score (nSPS) is 13.0. The zero-order valence-corrected chi connectivity index (χ0v) is 28.5. The fraction of sp³-hybridized carbons (Fsp3) is 0.0270. The van der Waals surface area contributed by atoms with Crippen LogP contribution in [0.3, 0.4) is 0 Å². The number of nitrogens with one attached hydrogen (secondary N) is 2. The van der Waals surface area contributed by atoms with Gasteiger partial charge >= 0.3 is 7.60 Å². The molecule has 4 N–H and O–H groups in total. The van der Waals surface area contributed by atoms with Gasteiger partial charge in [0.2, 0.25) is 11.7 Å². The van der Waals surface area contributed by atoms with Crippen molar-refractivity contribution >= 4 is 40.8 Å². The first-order valence-electron chi connectivity index (χ1n) is 15.6. The number of hydrogen-bond donors (Lipinski definition) is 4. The molecule has 13 nitrogen and oxygen atoms in total. The van der Waals surface area contributed by atoms with Gasteiger partial charge in [0, 0.05) is 29.2 Å². The number of ketones is 2. The first-order chi connectivity index (χ1) is 25.0. The number of fused-ring (bicyclic) bond motifs is 2. The summed E-state index contributed by atoms with van der Waals surface area (Å²) in [4.78, 5) is 35.0. The number of anilines is 2. The Morgan fingerprint density at radius 3 is 1.87 bits per heavy atom. The van der Waals surface area contributed by atoms with E-state index in [1.54, 1.807) is 60.7 Å². The minimum Gasteiger partial charge on any atom is -0.507 e. The summed E-state index contributed by atoms with van der Waals surface area (Å²) in [6.07, 6.45) is 2.77. The van der Waals surface area contributed by atoms with E-state index in [2.05, 4.69) is 20.0 Å². The molecular weight excluding hydrogens is 707 g/mol. The molecular formula is C37H27N4O9PS. The number of para-hydroxylation sites is 2. The lowest BCUT2D eigenvalue weighted by Crippen LogP contribution is -2.23. The number of rotatable bonds is 11. The zero-order valence-electron chi connectivity index (χ0n) is 26.8. The second-order valence-corrected chi connectivity index (χ2v) is 15.1. The van der Waals surface area contributed by atoms with Crippen LogP contribution in [0.5, 0.6) is 23.0 Å². The Hall–Kier alpha value is -6.50. The van der Waals surface area contributed by atoms with Crippen LogP contribution < -0.4 is 19.1 Å². The molecule has 1 aromatic heterocycles. The van der Waals surface area contributed by atoms with E-state index in [0.717, 1.165) is 6.07 Å². The molecule has 260 valence electrons. The van der Waals surface area contributed by atoms with Gasteiger partial charge in [-0.05, 0) is 78.4 Å². The van der Waals surface area contributed by atoms with Crippen molar-refractivity contribution in [2.45, 2.75) is 10.7 Å². The summed E-state index contributed by atoms with van der Waals surface area (Å²) in [6, 6.07) is 29.9. The molecule has 1 aliphatic carbocycles. The minimum atomic E-state index is -4.52. The number of aromatic hydroxyl groups is 2. The Kier molecular flexibility index (Phi) is 8.93. The standard InChI is InChI=1S/C37H27N4O9PS/c42-30-14-7-13-28-32(30)35(45)33-29(34(28)44)21-23(22-31(33)43)36(51(46,49-25-9-3-1-4-10-25)50-26-11-5-2-6-12-26)40-24-15-17-27(18-16-24)52(47,48)41-37-38-19-8-20-39-37/h1-22,36,40,42-43H,(H,38,39,41). The highest BCUT2D eigenvalue weighted by Gasteiger charge is 2.43. The lowest BCUT2D eigenvalue weighted by molar-refractivity contribution is 0.0974. The summed E-state index contributed by atoms with van der Waals surface area (Å²) < 4.78 is 55.9. The minimum absolute atomic E-state index is 0.0239. The number of nitrogens with zero attached hydrogens (tertiary/aromatic N) is 2. The van der Waals surface area contributed by atoms with Crippen molar-refractivity contribution in [3.8, 4) is 23.0 Å². The van der Waals surface area contributed by atoms with Gasteiger partial charge in [-0.2, -0.15) is 0 Å². The fourth-order valence-electron chi connectivity index (χ4n) is 5.61. The quantitative estimate of drug-likeness (QED) is 0.100. The second-order valence-electron chi connectivity index (χ2n) is 11.4. The zero-order chi connectivity index (χ0) is 36.5. The van der Waals surface area contributed by atoms with Crippen LogP contribution in [0.15, 0.2) is 139 Å². The van der Waals surface area contributed by atoms with Gasteiger partial charge in [0.25, 0.3) is 10.0 Å². The van der Waals surface area contributed by atoms with E-state index in [0.29, 0.717) is 0 Å². The Morgan fingerprint density at radius 1 is 0.654 bits per heavy atom. The Bertz CT molecular complexity index is 2420. The molecule has 1 atom stereocenters. The van der Waals surface area contributed by atoms with E-state index in [1.165, 1.54) is 67.0 Å². The number of benzene rings is 5. The van der Waals surface area contributed by atoms with Crippen LogP contribution in [-0.2, 0) is 14.6 Å². The third-order valence-corrected chi connectivity index (χ3v) is 11.3. The molecule has 6 aromatic rings. The summed E-state index contributed by atoms with van der Waals surface area (Å²) >= 11 is 0. The summed E-state index contributed by atoms with van der Waals surface area (Å²) in [5.41, 5.74) is -0.597. The number of aromatic nitrogens is 2. The summed E-state index contributed by atoms with van der Waals surface area (Å²) in [6.45, 7) is 0. The molecule has 0 amide bonds. The number of phenols is 2. The van der Waals surface area contributed by atoms with Crippen LogP contribution in [0.4, 0.5) is 11.6 Å². The number of carbonyl (C=O) groups is 2. The molecule has 0 aliphatic heterocycles. The van der Waals surface area contributed by atoms with Crippen LogP contribution in [-0.4, -0.2) is 40.2 Å². The van der Waals surface area contributed by atoms with Gasteiger partial charge in [-0.15, -0.1) is 0 Å². The van der Waals surface area contributed by atoms with Gasteiger partial charge in [-0.25, -0.2) is 27.7 Å². The van der Waals surface area contributed by atoms with Crippen molar-refractivity contribution in [3.63, 3.8) is 0 Å². The number of phenolic OH excluding ortho intramolecular Hbond substituents is 2. The van der Waals surface area contributed by atoms with E-state index in [-0.39, 0.29) is 55.8 Å². The summed E-state index contributed by atoms with van der Waals surface area (Å²) in [7, 11) is -8.62. The topological polar surface area (TPSA) is 194 Å². The van der Waals surface area contributed by atoms with E-state index in [9.17, 15) is 28.2 Å². The third kappa shape index (κ3) is 6.67. The molecule has 0 fully saturated rings. The van der Waals surface area contributed by atoms with Crippen molar-refractivity contribution < 1.29 is 41.8 Å². The van der Waals surface area contributed by atoms with Gasteiger partial charge in [-0.3, -0.25) is 9.59 Å². The van der Waals surface area contributed by atoms with Crippen molar-refractivity contribution in [1.82, 2.24) is 9.97 Å². The predicted octanol–water partition coefficient (Wildman–Crippen LogP) is 6.93. The molecule has 0 bridgehead atoms. The Balaban J connectivity index is 1.34. The first kappa shape index (κ1) is 34.0. The lowest BCUT2D eigenvalue weighted by Gasteiger charge is -2.30.